The standard InChI is InChI=1S/C14H17NO2/c1-3-4-7-17-14(16)13-9-11-8-10(2)5-6-12(11)15-13/h5-6,8-9,15H,3-4,7H2,1-2H3. The summed E-state index contributed by atoms with van der Waals surface area (Å²) in [5, 5.41) is 1.05. The molecule has 2 aromatic rings. The van der Waals surface area contributed by atoms with Gasteiger partial charge in [-0.05, 0) is 31.5 Å². The number of benzene rings is 1. The van der Waals surface area contributed by atoms with Gasteiger partial charge in [0.2, 0.25) is 0 Å². The van der Waals surface area contributed by atoms with Crippen LogP contribution in [0.2, 0.25) is 0 Å². The van der Waals surface area contributed by atoms with Crippen LogP contribution in [0.1, 0.15) is 35.8 Å². The molecule has 0 spiro atoms. The molecular weight excluding hydrogens is 214 g/mol. The van der Waals surface area contributed by atoms with Gasteiger partial charge < -0.3 is 9.72 Å². The number of esters is 1. The molecule has 3 heteroatoms. The van der Waals surface area contributed by atoms with Crippen LogP contribution < -0.4 is 0 Å². The Balaban J connectivity index is 2.15. The fourth-order valence-corrected chi connectivity index (χ4v) is 1.75. The van der Waals surface area contributed by atoms with Crippen LogP contribution in [-0.4, -0.2) is 17.6 Å². The molecule has 3 nitrogen and oxygen atoms in total. The van der Waals surface area contributed by atoms with E-state index in [0.717, 1.165) is 23.7 Å². The van der Waals surface area contributed by atoms with Gasteiger partial charge in [0, 0.05) is 10.9 Å². The number of unbranched alkanes of at least 4 members (excludes halogenated alkanes) is 1. The van der Waals surface area contributed by atoms with Gasteiger partial charge in [-0.15, -0.1) is 0 Å². The molecule has 0 aliphatic rings. The van der Waals surface area contributed by atoms with Gasteiger partial charge in [0.1, 0.15) is 5.69 Å². The Bertz CT molecular complexity index is 528. The highest BCUT2D eigenvalue weighted by atomic mass is 16.5. The number of carbonyl (C=O) groups excluding carboxylic acids is 1. The number of H-pyrrole nitrogens is 1. The number of carbonyl (C=O) groups is 1. The van der Waals surface area contributed by atoms with Crippen LogP contribution in [0.3, 0.4) is 0 Å². The number of aromatic amines is 1. The Morgan fingerprint density at radius 2 is 2.18 bits per heavy atom. The molecule has 0 amide bonds. The first-order valence-electron chi connectivity index (χ1n) is 5.97. The highest BCUT2D eigenvalue weighted by Gasteiger charge is 2.10. The van der Waals surface area contributed by atoms with Crippen molar-refractivity contribution < 1.29 is 9.53 Å². The van der Waals surface area contributed by atoms with Gasteiger partial charge in [-0.3, -0.25) is 0 Å². The number of aryl methyl sites for hydroxylation is 1. The van der Waals surface area contributed by atoms with E-state index in [9.17, 15) is 4.79 Å². The molecule has 17 heavy (non-hydrogen) atoms. The highest BCUT2D eigenvalue weighted by molar-refractivity contribution is 5.94. The third-order valence-corrected chi connectivity index (χ3v) is 2.73. The van der Waals surface area contributed by atoms with E-state index >= 15 is 0 Å². The maximum atomic E-state index is 11.7. The second kappa shape index (κ2) is 5.04. The van der Waals surface area contributed by atoms with Crippen LogP contribution in [0.5, 0.6) is 0 Å². The number of hydrogen-bond acceptors (Lipinski definition) is 2. The number of aromatic nitrogens is 1. The SMILES string of the molecule is CCCCOC(=O)c1cc2cc(C)ccc2[nH]1. The fraction of sp³-hybridized carbons (Fsp3) is 0.357. The van der Waals surface area contributed by atoms with Crippen LogP contribution in [0.25, 0.3) is 10.9 Å². The zero-order chi connectivity index (χ0) is 12.3. The van der Waals surface area contributed by atoms with Crippen LogP contribution in [-0.2, 0) is 4.74 Å². The minimum absolute atomic E-state index is 0.271. The van der Waals surface area contributed by atoms with Gasteiger partial charge >= 0.3 is 5.97 Å². The van der Waals surface area contributed by atoms with Crippen molar-refractivity contribution in [1.82, 2.24) is 4.98 Å². The lowest BCUT2D eigenvalue weighted by Gasteiger charge is -2.00. The summed E-state index contributed by atoms with van der Waals surface area (Å²) in [6.07, 6.45) is 1.93. The first-order valence-corrected chi connectivity index (χ1v) is 5.97. The van der Waals surface area contributed by atoms with Crippen LogP contribution in [0.15, 0.2) is 24.3 Å². The normalized spacial score (nSPS) is 10.7. The van der Waals surface area contributed by atoms with Gasteiger partial charge in [0.15, 0.2) is 0 Å². The van der Waals surface area contributed by atoms with Gasteiger partial charge in [-0.25, -0.2) is 4.79 Å². The molecule has 1 N–H and O–H groups in total. The lowest BCUT2D eigenvalue weighted by atomic mass is 10.2. The van der Waals surface area contributed by atoms with Gasteiger partial charge in [0.05, 0.1) is 6.61 Å². The lowest BCUT2D eigenvalue weighted by Crippen LogP contribution is -2.06. The van der Waals surface area contributed by atoms with Crippen molar-refractivity contribution >= 4 is 16.9 Å². The average Bonchev–Trinajstić information content (AvgIpc) is 2.72. The summed E-state index contributed by atoms with van der Waals surface area (Å²) < 4.78 is 5.16. The summed E-state index contributed by atoms with van der Waals surface area (Å²) in [6.45, 7) is 4.59. The Hall–Kier alpha value is -1.77. The van der Waals surface area contributed by atoms with Gasteiger partial charge in [-0.2, -0.15) is 0 Å². The molecule has 0 saturated heterocycles. The fourth-order valence-electron chi connectivity index (χ4n) is 1.75. The topological polar surface area (TPSA) is 42.1 Å². The first-order chi connectivity index (χ1) is 8.20. The predicted molar refractivity (Wildman–Crippen MR) is 68.2 cm³/mol. The molecule has 0 radical (unpaired) electrons. The second-order valence-corrected chi connectivity index (χ2v) is 4.26. The molecule has 2 rings (SSSR count). The molecule has 0 fully saturated rings. The van der Waals surface area contributed by atoms with Crippen molar-refractivity contribution in [2.24, 2.45) is 0 Å². The van der Waals surface area contributed by atoms with E-state index in [2.05, 4.69) is 18.0 Å². The quantitative estimate of drug-likeness (QED) is 0.647. The molecule has 0 bridgehead atoms. The summed E-state index contributed by atoms with van der Waals surface area (Å²) in [5.74, 6) is -0.271. The third kappa shape index (κ3) is 2.67. The second-order valence-electron chi connectivity index (χ2n) is 4.26. The van der Waals surface area contributed by atoms with Crippen molar-refractivity contribution in [1.29, 1.82) is 0 Å². The average molecular weight is 231 g/mol. The number of hydrogen-bond donors (Lipinski definition) is 1. The lowest BCUT2D eigenvalue weighted by molar-refractivity contribution is 0.0494. The van der Waals surface area contributed by atoms with E-state index in [-0.39, 0.29) is 5.97 Å². The first kappa shape index (κ1) is 11.7. The molecule has 0 atom stereocenters. The summed E-state index contributed by atoms with van der Waals surface area (Å²) in [5.41, 5.74) is 2.68. The van der Waals surface area contributed by atoms with E-state index in [1.54, 1.807) is 0 Å². The molecular formula is C14H17NO2. The summed E-state index contributed by atoms with van der Waals surface area (Å²) in [4.78, 5) is 14.8. The Morgan fingerprint density at radius 1 is 1.35 bits per heavy atom. The smallest absolute Gasteiger partial charge is 0.354 e. The maximum absolute atomic E-state index is 11.7. The largest absolute Gasteiger partial charge is 0.461 e. The van der Waals surface area contributed by atoms with Gasteiger partial charge in [-0.1, -0.05) is 25.0 Å². The minimum Gasteiger partial charge on any atom is -0.461 e. The molecule has 0 saturated carbocycles. The Labute approximate surface area is 101 Å². The van der Waals surface area contributed by atoms with E-state index in [0.29, 0.717) is 12.3 Å². The van der Waals surface area contributed by atoms with Crippen molar-refractivity contribution in [3.63, 3.8) is 0 Å². The van der Waals surface area contributed by atoms with Crippen LogP contribution in [0.4, 0.5) is 0 Å². The minimum atomic E-state index is -0.271. The Morgan fingerprint density at radius 3 is 2.94 bits per heavy atom. The van der Waals surface area contributed by atoms with Crippen molar-refractivity contribution in [2.45, 2.75) is 26.7 Å². The number of rotatable bonds is 4. The van der Waals surface area contributed by atoms with E-state index in [4.69, 9.17) is 4.74 Å². The van der Waals surface area contributed by atoms with Crippen LogP contribution >= 0.6 is 0 Å². The molecule has 0 aliphatic heterocycles. The van der Waals surface area contributed by atoms with E-state index < -0.39 is 0 Å². The zero-order valence-corrected chi connectivity index (χ0v) is 10.2. The zero-order valence-electron chi connectivity index (χ0n) is 10.2. The number of ether oxygens (including phenoxy) is 1. The monoisotopic (exact) mass is 231 g/mol. The number of fused-ring (bicyclic) bond motifs is 1. The molecule has 1 aromatic heterocycles. The van der Waals surface area contributed by atoms with Crippen molar-refractivity contribution in [3.05, 3.63) is 35.5 Å². The third-order valence-electron chi connectivity index (χ3n) is 2.73. The summed E-state index contributed by atoms with van der Waals surface area (Å²) in [6, 6.07) is 7.89. The predicted octanol–water partition coefficient (Wildman–Crippen LogP) is 3.43. The Kier molecular flexibility index (Phi) is 3.47. The maximum Gasteiger partial charge on any atom is 0.354 e. The molecule has 1 aromatic carbocycles. The van der Waals surface area contributed by atoms with Crippen molar-refractivity contribution in [2.75, 3.05) is 6.61 Å². The summed E-state index contributed by atoms with van der Waals surface area (Å²) in [7, 11) is 0. The molecule has 0 aliphatic carbocycles. The van der Waals surface area contributed by atoms with E-state index in [1.165, 1.54) is 5.56 Å². The summed E-state index contributed by atoms with van der Waals surface area (Å²) >= 11 is 0. The molecule has 0 unspecified atom stereocenters. The van der Waals surface area contributed by atoms with Crippen LogP contribution in [0, 0.1) is 6.92 Å². The number of nitrogens with one attached hydrogen (secondary N) is 1. The van der Waals surface area contributed by atoms with Crippen molar-refractivity contribution in [3.8, 4) is 0 Å². The van der Waals surface area contributed by atoms with Gasteiger partial charge in [0.25, 0.3) is 0 Å². The molecule has 90 valence electrons. The highest BCUT2D eigenvalue weighted by Crippen LogP contribution is 2.17. The molecule has 1 heterocycles. The van der Waals surface area contributed by atoms with E-state index in [1.807, 2.05) is 25.1 Å².